The lowest BCUT2D eigenvalue weighted by Gasteiger charge is -2.11. The standard InChI is InChI=1S/C16H17I2NO4S/c1-3-23-14-11(17)7-10(8-12(14)18)9-13-15(20)19(16(21)24-13)5-4-6-22-2/h7-9H,3-6H2,1-2H3/b13-9+. The first-order valence-electron chi connectivity index (χ1n) is 7.34. The lowest BCUT2D eigenvalue weighted by molar-refractivity contribution is -0.122. The van der Waals surface area contributed by atoms with Gasteiger partial charge in [-0.15, -0.1) is 0 Å². The first kappa shape index (κ1) is 20.0. The zero-order valence-corrected chi connectivity index (χ0v) is 18.4. The summed E-state index contributed by atoms with van der Waals surface area (Å²) in [5, 5.41) is -0.224. The molecule has 130 valence electrons. The Morgan fingerprint density at radius 2 is 1.92 bits per heavy atom. The van der Waals surface area contributed by atoms with Crippen molar-refractivity contribution in [3.63, 3.8) is 0 Å². The molecule has 1 fully saturated rings. The maximum Gasteiger partial charge on any atom is 0.293 e. The largest absolute Gasteiger partial charge is 0.492 e. The molecular weight excluding hydrogens is 556 g/mol. The van der Waals surface area contributed by atoms with E-state index in [1.54, 1.807) is 13.2 Å². The number of amides is 2. The summed E-state index contributed by atoms with van der Waals surface area (Å²) in [5.74, 6) is 0.614. The highest BCUT2D eigenvalue weighted by Crippen LogP contribution is 2.34. The quantitative estimate of drug-likeness (QED) is 0.276. The van der Waals surface area contributed by atoms with E-state index in [9.17, 15) is 9.59 Å². The van der Waals surface area contributed by atoms with Gasteiger partial charge in [-0.3, -0.25) is 14.5 Å². The molecule has 1 aromatic carbocycles. The molecule has 0 bridgehead atoms. The third kappa shape index (κ3) is 4.85. The third-order valence-electron chi connectivity index (χ3n) is 3.21. The Kier molecular flexibility index (Phi) is 7.82. The number of imide groups is 1. The van der Waals surface area contributed by atoms with Crippen LogP contribution in [0.5, 0.6) is 5.75 Å². The maximum atomic E-state index is 12.4. The predicted molar refractivity (Wildman–Crippen MR) is 112 cm³/mol. The summed E-state index contributed by atoms with van der Waals surface area (Å²) in [7, 11) is 1.60. The Labute approximate surface area is 172 Å². The molecule has 0 radical (unpaired) electrons. The zero-order valence-electron chi connectivity index (χ0n) is 13.3. The number of benzene rings is 1. The van der Waals surface area contributed by atoms with Crippen molar-refractivity contribution in [3.05, 3.63) is 29.7 Å². The second-order valence-electron chi connectivity index (χ2n) is 4.93. The molecular formula is C16H17I2NO4S. The molecule has 1 aliphatic heterocycles. The lowest BCUT2D eigenvalue weighted by Crippen LogP contribution is -2.29. The van der Waals surface area contributed by atoms with Crippen molar-refractivity contribution in [1.82, 2.24) is 4.90 Å². The number of rotatable bonds is 7. The minimum atomic E-state index is -0.236. The normalized spacial score (nSPS) is 16.3. The number of halogens is 2. The molecule has 0 atom stereocenters. The van der Waals surface area contributed by atoms with Crippen molar-refractivity contribution >= 4 is 74.2 Å². The van der Waals surface area contributed by atoms with Gasteiger partial charge in [-0.05, 0) is 94.1 Å². The van der Waals surface area contributed by atoms with Crippen LogP contribution in [-0.2, 0) is 9.53 Å². The van der Waals surface area contributed by atoms with Gasteiger partial charge in [0.05, 0.1) is 18.7 Å². The molecule has 2 amide bonds. The van der Waals surface area contributed by atoms with Gasteiger partial charge in [-0.25, -0.2) is 0 Å². The van der Waals surface area contributed by atoms with Crippen LogP contribution in [0.3, 0.4) is 0 Å². The summed E-state index contributed by atoms with van der Waals surface area (Å²) < 4.78 is 12.5. The van der Waals surface area contributed by atoms with E-state index in [4.69, 9.17) is 9.47 Å². The van der Waals surface area contributed by atoms with Gasteiger partial charge < -0.3 is 9.47 Å². The van der Waals surface area contributed by atoms with Crippen LogP contribution in [0.15, 0.2) is 17.0 Å². The summed E-state index contributed by atoms with van der Waals surface area (Å²) >= 11 is 5.41. The summed E-state index contributed by atoms with van der Waals surface area (Å²) in [6, 6.07) is 3.90. The van der Waals surface area contributed by atoms with Crippen LogP contribution in [0.4, 0.5) is 4.79 Å². The average Bonchev–Trinajstić information content (AvgIpc) is 2.78. The fraction of sp³-hybridized carbons (Fsp3) is 0.375. The molecule has 0 unspecified atom stereocenters. The number of hydrogen-bond donors (Lipinski definition) is 0. The molecule has 2 rings (SSSR count). The fourth-order valence-corrected chi connectivity index (χ4v) is 5.15. The Morgan fingerprint density at radius 1 is 1.25 bits per heavy atom. The molecule has 24 heavy (non-hydrogen) atoms. The number of thioether (sulfide) groups is 1. The molecule has 0 saturated carbocycles. The molecule has 0 aromatic heterocycles. The summed E-state index contributed by atoms with van der Waals surface area (Å²) in [5.41, 5.74) is 0.884. The van der Waals surface area contributed by atoms with Gasteiger partial charge in [0, 0.05) is 20.3 Å². The number of carbonyl (C=O) groups is 2. The first-order chi connectivity index (χ1) is 11.5. The van der Waals surface area contributed by atoms with E-state index in [0.717, 1.165) is 30.2 Å². The van der Waals surface area contributed by atoms with Crippen molar-refractivity contribution in [2.24, 2.45) is 0 Å². The van der Waals surface area contributed by atoms with Gasteiger partial charge >= 0.3 is 0 Å². The van der Waals surface area contributed by atoms with E-state index in [-0.39, 0.29) is 11.1 Å². The fourth-order valence-electron chi connectivity index (χ4n) is 2.16. The number of ether oxygens (including phenoxy) is 2. The second kappa shape index (κ2) is 9.39. The van der Waals surface area contributed by atoms with E-state index >= 15 is 0 Å². The summed E-state index contributed by atoms with van der Waals surface area (Å²) in [4.78, 5) is 26.1. The smallest absolute Gasteiger partial charge is 0.293 e. The van der Waals surface area contributed by atoms with Crippen molar-refractivity contribution in [3.8, 4) is 5.75 Å². The van der Waals surface area contributed by atoms with E-state index in [1.165, 1.54) is 4.90 Å². The predicted octanol–water partition coefficient (Wildman–Crippen LogP) is 4.37. The molecule has 1 aromatic rings. The highest BCUT2D eigenvalue weighted by Gasteiger charge is 2.34. The number of methoxy groups -OCH3 is 1. The third-order valence-corrected chi connectivity index (χ3v) is 5.72. The molecule has 0 aliphatic carbocycles. The highest BCUT2D eigenvalue weighted by atomic mass is 127. The molecule has 8 heteroatoms. The Bertz CT molecular complexity index is 655. The van der Waals surface area contributed by atoms with E-state index in [1.807, 2.05) is 19.1 Å². The van der Waals surface area contributed by atoms with E-state index in [0.29, 0.717) is 31.1 Å². The van der Waals surface area contributed by atoms with Gasteiger partial charge in [0.15, 0.2) is 0 Å². The van der Waals surface area contributed by atoms with Crippen molar-refractivity contribution in [1.29, 1.82) is 0 Å². The Hall–Kier alpha value is -0.330. The Balaban J connectivity index is 2.19. The topological polar surface area (TPSA) is 55.8 Å². The van der Waals surface area contributed by atoms with Gasteiger partial charge in [-0.1, -0.05) is 0 Å². The number of nitrogens with zero attached hydrogens (tertiary/aromatic N) is 1. The minimum absolute atomic E-state index is 0.224. The molecule has 0 N–H and O–H groups in total. The van der Waals surface area contributed by atoms with Crippen LogP contribution < -0.4 is 4.74 Å². The van der Waals surface area contributed by atoms with Crippen LogP contribution in [0.1, 0.15) is 18.9 Å². The molecule has 1 aliphatic rings. The van der Waals surface area contributed by atoms with Crippen molar-refractivity contribution in [2.75, 3.05) is 26.9 Å². The van der Waals surface area contributed by atoms with Crippen LogP contribution in [0.25, 0.3) is 6.08 Å². The van der Waals surface area contributed by atoms with Gasteiger partial charge in [0.1, 0.15) is 5.75 Å². The van der Waals surface area contributed by atoms with Crippen molar-refractivity contribution in [2.45, 2.75) is 13.3 Å². The number of carbonyl (C=O) groups excluding carboxylic acids is 2. The summed E-state index contributed by atoms with van der Waals surface area (Å²) in [6.45, 7) is 3.45. The summed E-state index contributed by atoms with van der Waals surface area (Å²) in [6.07, 6.45) is 2.40. The Morgan fingerprint density at radius 3 is 2.50 bits per heavy atom. The second-order valence-corrected chi connectivity index (χ2v) is 8.24. The van der Waals surface area contributed by atoms with Gasteiger partial charge in [0.2, 0.25) is 0 Å². The monoisotopic (exact) mass is 573 g/mol. The molecule has 0 spiro atoms. The molecule has 5 nitrogen and oxygen atoms in total. The first-order valence-corrected chi connectivity index (χ1v) is 10.3. The van der Waals surface area contributed by atoms with Crippen LogP contribution >= 0.6 is 56.9 Å². The van der Waals surface area contributed by atoms with Crippen molar-refractivity contribution < 1.29 is 19.1 Å². The SMILES string of the molecule is CCOc1c(I)cc(/C=C2/SC(=O)N(CCCOC)C2=O)cc1I. The molecule has 1 heterocycles. The maximum absolute atomic E-state index is 12.4. The van der Waals surface area contributed by atoms with Crippen LogP contribution in [0, 0.1) is 7.14 Å². The van der Waals surface area contributed by atoms with Gasteiger partial charge in [0.25, 0.3) is 11.1 Å². The van der Waals surface area contributed by atoms with Crippen LogP contribution in [0.2, 0.25) is 0 Å². The highest BCUT2D eigenvalue weighted by molar-refractivity contribution is 14.1. The molecule has 1 saturated heterocycles. The minimum Gasteiger partial charge on any atom is -0.492 e. The van der Waals surface area contributed by atoms with E-state index < -0.39 is 0 Å². The zero-order chi connectivity index (χ0) is 17.7. The van der Waals surface area contributed by atoms with Crippen LogP contribution in [-0.4, -0.2) is 42.9 Å². The average molecular weight is 573 g/mol. The van der Waals surface area contributed by atoms with E-state index in [2.05, 4.69) is 45.2 Å². The lowest BCUT2D eigenvalue weighted by atomic mass is 10.2. The number of hydrogen-bond acceptors (Lipinski definition) is 5. The van der Waals surface area contributed by atoms with Gasteiger partial charge in [-0.2, -0.15) is 0 Å².